The molecule has 2 aromatic rings. The first-order valence-electron chi connectivity index (χ1n) is 7.69. The summed E-state index contributed by atoms with van der Waals surface area (Å²) < 4.78 is 24.0. The Balaban J connectivity index is 1.73. The zero-order chi connectivity index (χ0) is 16.2. The molecule has 0 aliphatic carbocycles. The van der Waals surface area contributed by atoms with Gasteiger partial charge in [0.25, 0.3) is 0 Å². The fraction of sp³-hybridized carbons (Fsp3) is 0.500. The van der Waals surface area contributed by atoms with Crippen LogP contribution in [-0.2, 0) is 11.3 Å². The summed E-state index contributed by atoms with van der Waals surface area (Å²) in [4.78, 5) is 4.36. The van der Waals surface area contributed by atoms with E-state index in [-0.39, 0.29) is 11.1 Å². The van der Waals surface area contributed by atoms with E-state index in [4.69, 9.17) is 20.9 Å². The fourth-order valence-corrected chi connectivity index (χ4v) is 3.02. The van der Waals surface area contributed by atoms with Crippen LogP contribution < -0.4 is 5.32 Å². The van der Waals surface area contributed by atoms with Gasteiger partial charge in [-0.3, -0.25) is 0 Å². The minimum absolute atomic E-state index is 0.0519. The third kappa shape index (κ3) is 4.07. The van der Waals surface area contributed by atoms with E-state index in [1.165, 1.54) is 6.07 Å². The zero-order valence-corrected chi connectivity index (χ0v) is 13.6. The van der Waals surface area contributed by atoms with Gasteiger partial charge in [-0.1, -0.05) is 22.8 Å². The molecule has 0 bridgehead atoms. The summed E-state index contributed by atoms with van der Waals surface area (Å²) in [5, 5.41) is 7.46. The highest BCUT2D eigenvalue weighted by Crippen LogP contribution is 2.29. The highest BCUT2D eigenvalue weighted by Gasteiger charge is 2.29. The molecule has 1 atom stereocenters. The minimum atomic E-state index is -0.413. The van der Waals surface area contributed by atoms with E-state index in [9.17, 15) is 4.39 Å². The zero-order valence-electron chi connectivity index (χ0n) is 12.9. The van der Waals surface area contributed by atoms with Crippen molar-refractivity contribution in [1.29, 1.82) is 0 Å². The van der Waals surface area contributed by atoms with Crippen LogP contribution >= 0.6 is 11.6 Å². The third-order valence-corrected chi connectivity index (χ3v) is 4.35. The largest absolute Gasteiger partial charge is 0.381 e. The van der Waals surface area contributed by atoms with Crippen LogP contribution in [0.15, 0.2) is 22.7 Å². The lowest BCUT2D eigenvalue weighted by atomic mass is 9.91. The lowest BCUT2D eigenvalue weighted by molar-refractivity contribution is 0.0485. The van der Waals surface area contributed by atoms with Gasteiger partial charge >= 0.3 is 0 Å². The number of hydrogen-bond donors (Lipinski definition) is 1. The van der Waals surface area contributed by atoms with Crippen LogP contribution in [0.3, 0.4) is 0 Å². The number of aryl methyl sites for hydroxylation is 1. The highest BCUT2D eigenvalue weighted by molar-refractivity contribution is 6.30. The molecule has 1 unspecified atom stereocenters. The van der Waals surface area contributed by atoms with Crippen LogP contribution in [0.2, 0.25) is 5.02 Å². The molecule has 1 N–H and O–H groups in total. The van der Waals surface area contributed by atoms with E-state index in [0.29, 0.717) is 24.2 Å². The van der Waals surface area contributed by atoms with Crippen LogP contribution in [0.5, 0.6) is 0 Å². The molecule has 7 heteroatoms. The van der Waals surface area contributed by atoms with Crippen molar-refractivity contribution < 1.29 is 13.7 Å². The molecular formula is C16H19ClFN3O2. The van der Waals surface area contributed by atoms with Crippen molar-refractivity contribution in [3.8, 4) is 0 Å². The van der Waals surface area contributed by atoms with Gasteiger partial charge < -0.3 is 14.6 Å². The molecule has 1 fully saturated rings. The second-order valence-electron chi connectivity index (χ2n) is 5.74. The Morgan fingerprint density at radius 2 is 2.17 bits per heavy atom. The molecule has 0 amide bonds. The predicted molar refractivity (Wildman–Crippen MR) is 83.6 cm³/mol. The lowest BCUT2D eigenvalue weighted by Crippen LogP contribution is -2.32. The summed E-state index contributed by atoms with van der Waals surface area (Å²) in [5.74, 6) is 1.15. The van der Waals surface area contributed by atoms with Gasteiger partial charge in [0.1, 0.15) is 5.82 Å². The van der Waals surface area contributed by atoms with Crippen LogP contribution in [0.1, 0.15) is 36.2 Å². The molecule has 3 rings (SSSR count). The summed E-state index contributed by atoms with van der Waals surface area (Å²) in [7, 11) is 0. The summed E-state index contributed by atoms with van der Waals surface area (Å²) >= 11 is 5.84. The minimum Gasteiger partial charge on any atom is -0.381 e. The van der Waals surface area contributed by atoms with Gasteiger partial charge in [0.05, 0.1) is 11.1 Å². The lowest BCUT2D eigenvalue weighted by Gasteiger charge is -2.28. The van der Waals surface area contributed by atoms with E-state index in [0.717, 1.165) is 31.6 Å². The topological polar surface area (TPSA) is 60.2 Å². The molecule has 1 aromatic carbocycles. The normalized spacial score (nSPS) is 17.3. The second-order valence-corrected chi connectivity index (χ2v) is 6.14. The molecule has 124 valence electrons. The Labute approximate surface area is 139 Å². The number of hydrogen-bond acceptors (Lipinski definition) is 5. The van der Waals surface area contributed by atoms with Crippen molar-refractivity contribution in [2.45, 2.75) is 32.4 Å². The molecule has 5 nitrogen and oxygen atoms in total. The quantitative estimate of drug-likeness (QED) is 0.904. The Kier molecular flexibility index (Phi) is 5.25. The van der Waals surface area contributed by atoms with Crippen LogP contribution in [0.25, 0.3) is 0 Å². The van der Waals surface area contributed by atoms with Crippen molar-refractivity contribution in [3.63, 3.8) is 0 Å². The Morgan fingerprint density at radius 3 is 2.83 bits per heavy atom. The van der Waals surface area contributed by atoms with E-state index in [2.05, 4.69) is 15.5 Å². The fourth-order valence-electron chi connectivity index (χ4n) is 2.82. The smallest absolute Gasteiger partial charge is 0.244 e. The maximum Gasteiger partial charge on any atom is 0.244 e. The van der Waals surface area contributed by atoms with Crippen LogP contribution in [0, 0.1) is 18.7 Å². The van der Waals surface area contributed by atoms with Crippen molar-refractivity contribution in [2.24, 2.45) is 5.92 Å². The average molecular weight is 340 g/mol. The molecule has 0 saturated carbocycles. The van der Waals surface area contributed by atoms with E-state index >= 15 is 0 Å². The third-order valence-electron chi connectivity index (χ3n) is 4.06. The van der Waals surface area contributed by atoms with Crippen molar-refractivity contribution >= 4 is 11.6 Å². The maximum atomic E-state index is 13.3. The summed E-state index contributed by atoms with van der Waals surface area (Å²) in [6.07, 6.45) is 1.87. The number of ether oxygens (including phenoxy) is 1. The maximum absolute atomic E-state index is 13.3. The van der Waals surface area contributed by atoms with Crippen molar-refractivity contribution in [3.05, 3.63) is 46.3 Å². The first-order chi connectivity index (χ1) is 11.1. The van der Waals surface area contributed by atoms with Gasteiger partial charge in [-0.05, 0) is 43.4 Å². The second kappa shape index (κ2) is 7.38. The van der Waals surface area contributed by atoms with Gasteiger partial charge in [-0.2, -0.15) is 4.98 Å². The van der Waals surface area contributed by atoms with E-state index in [1.807, 2.05) is 0 Å². The van der Waals surface area contributed by atoms with Crippen molar-refractivity contribution in [1.82, 2.24) is 15.5 Å². The first kappa shape index (κ1) is 16.4. The standard InChI is InChI=1S/C16H19ClFN3O2/c1-10-20-16(23-21-10)15(12-4-6-22-7-5-12)19-9-11-2-3-14(18)13(17)8-11/h2-3,8,12,15,19H,4-7,9H2,1H3. The van der Waals surface area contributed by atoms with Gasteiger partial charge in [-0.25, -0.2) is 4.39 Å². The van der Waals surface area contributed by atoms with Gasteiger partial charge in [0.2, 0.25) is 5.89 Å². The Morgan fingerprint density at radius 1 is 1.39 bits per heavy atom. The van der Waals surface area contributed by atoms with Crippen LogP contribution in [0.4, 0.5) is 4.39 Å². The molecule has 23 heavy (non-hydrogen) atoms. The van der Waals surface area contributed by atoms with Gasteiger partial charge in [0.15, 0.2) is 5.82 Å². The molecule has 1 aliphatic rings. The summed E-state index contributed by atoms with van der Waals surface area (Å²) in [5.41, 5.74) is 0.907. The number of nitrogens with zero attached hydrogens (tertiary/aromatic N) is 2. The average Bonchev–Trinajstić information content (AvgIpc) is 2.98. The van der Waals surface area contributed by atoms with Crippen molar-refractivity contribution in [2.75, 3.05) is 13.2 Å². The molecule has 1 saturated heterocycles. The number of nitrogens with one attached hydrogen (secondary N) is 1. The highest BCUT2D eigenvalue weighted by atomic mass is 35.5. The van der Waals surface area contributed by atoms with E-state index < -0.39 is 5.82 Å². The van der Waals surface area contributed by atoms with Crippen LogP contribution in [-0.4, -0.2) is 23.4 Å². The molecule has 1 aromatic heterocycles. The SMILES string of the molecule is Cc1noc(C(NCc2ccc(F)c(Cl)c2)C2CCOCC2)n1. The molecule has 0 spiro atoms. The Hall–Kier alpha value is -1.50. The monoisotopic (exact) mass is 339 g/mol. The molecular weight excluding hydrogens is 321 g/mol. The van der Waals surface area contributed by atoms with Gasteiger partial charge in [0, 0.05) is 19.8 Å². The van der Waals surface area contributed by atoms with E-state index in [1.54, 1.807) is 19.1 Å². The first-order valence-corrected chi connectivity index (χ1v) is 8.06. The number of benzene rings is 1. The molecule has 2 heterocycles. The molecule has 1 aliphatic heterocycles. The summed E-state index contributed by atoms with van der Waals surface area (Å²) in [6, 6.07) is 4.67. The molecule has 0 radical (unpaired) electrons. The number of rotatable bonds is 5. The predicted octanol–water partition coefficient (Wildman–Crippen LogP) is 3.43. The van der Waals surface area contributed by atoms with Gasteiger partial charge in [-0.15, -0.1) is 0 Å². The number of aromatic nitrogens is 2. The number of halogens is 2. The Bertz CT molecular complexity index is 659. The summed E-state index contributed by atoms with van der Waals surface area (Å²) in [6.45, 7) is 3.81.